The third-order valence-electron chi connectivity index (χ3n) is 4.66. The summed E-state index contributed by atoms with van der Waals surface area (Å²) in [5, 5.41) is 2.81. The Labute approximate surface area is 181 Å². The van der Waals surface area contributed by atoms with E-state index in [2.05, 4.69) is 10.0 Å². The molecule has 0 fully saturated rings. The lowest BCUT2D eigenvalue weighted by Crippen LogP contribution is -2.33. The number of benzene rings is 3. The normalized spacial score (nSPS) is 12.2. The molecule has 0 spiro atoms. The maximum Gasteiger partial charge on any atom is 0.241 e. The highest BCUT2D eigenvalue weighted by Gasteiger charge is 2.24. The fourth-order valence-corrected chi connectivity index (χ4v) is 4.21. The Kier molecular flexibility index (Phi) is 7.38. The minimum atomic E-state index is -3.98. The van der Waals surface area contributed by atoms with Crippen molar-refractivity contribution in [2.45, 2.75) is 23.9 Å². The van der Waals surface area contributed by atoms with Crippen molar-refractivity contribution in [3.63, 3.8) is 0 Å². The number of halogens is 1. The average Bonchev–Trinajstić information content (AvgIpc) is 2.78. The Balaban J connectivity index is 1.78. The Hall–Kier alpha value is -3.23. The van der Waals surface area contributed by atoms with Crippen LogP contribution in [0.1, 0.15) is 23.6 Å². The van der Waals surface area contributed by atoms with E-state index in [1.807, 2.05) is 30.3 Å². The van der Waals surface area contributed by atoms with Crippen molar-refractivity contribution in [3.05, 3.63) is 95.8 Å². The summed E-state index contributed by atoms with van der Waals surface area (Å²) in [7, 11) is -2.45. The van der Waals surface area contributed by atoms with Gasteiger partial charge in [0.15, 0.2) is 0 Å². The van der Waals surface area contributed by atoms with Crippen molar-refractivity contribution in [3.8, 4) is 5.75 Å². The SMILES string of the molecule is COc1ccc([C@@H](CC(=O)NCc2ccccc2)NS(=O)(=O)c2ccc(F)cc2)cc1. The number of hydrogen-bond acceptors (Lipinski definition) is 4. The molecule has 0 aliphatic heterocycles. The zero-order valence-corrected chi connectivity index (χ0v) is 17.7. The summed E-state index contributed by atoms with van der Waals surface area (Å²) in [5.41, 5.74) is 1.53. The van der Waals surface area contributed by atoms with E-state index in [1.165, 1.54) is 19.2 Å². The second kappa shape index (κ2) is 10.2. The van der Waals surface area contributed by atoms with Crippen molar-refractivity contribution in [2.75, 3.05) is 7.11 Å². The van der Waals surface area contributed by atoms with Crippen LogP contribution in [0.2, 0.25) is 0 Å². The van der Waals surface area contributed by atoms with Gasteiger partial charge in [0.2, 0.25) is 15.9 Å². The summed E-state index contributed by atoms with van der Waals surface area (Å²) in [6.07, 6.45) is -0.112. The molecule has 0 bridgehead atoms. The molecule has 0 unspecified atom stereocenters. The molecule has 0 radical (unpaired) electrons. The number of amides is 1. The van der Waals surface area contributed by atoms with Gasteiger partial charge in [-0.2, -0.15) is 0 Å². The van der Waals surface area contributed by atoms with E-state index in [0.717, 1.165) is 17.7 Å². The number of methoxy groups -OCH3 is 1. The lowest BCUT2D eigenvalue weighted by molar-refractivity contribution is -0.121. The van der Waals surface area contributed by atoms with Gasteiger partial charge in [0.1, 0.15) is 11.6 Å². The van der Waals surface area contributed by atoms with Gasteiger partial charge in [-0.3, -0.25) is 4.79 Å². The van der Waals surface area contributed by atoms with Crippen LogP contribution >= 0.6 is 0 Å². The van der Waals surface area contributed by atoms with Gasteiger partial charge in [-0.1, -0.05) is 42.5 Å². The summed E-state index contributed by atoms with van der Waals surface area (Å²) in [4.78, 5) is 12.5. The van der Waals surface area contributed by atoms with Crippen LogP contribution < -0.4 is 14.8 Å². The van der Waals surface area contributed by atoms with Gasteiger partial charge < -0.3 is 10.1 Å². The standard InChI is InChI=1S/C23H23FN2O4S/c1-30-20-11-7-18(8-12-20)22(15-23(27)25-16-17-5-3-2-4-6-17)26-31(28,29)21-13-9-19(24)10-14-21/h2-14,22,26H,15-16H2,1H3,(H,25,27)/t22-/m1/s1. The second-order valence-electron chi connectivity index (χ2n) is 6.87. The quantitative estimate of drug-likeness (QED) is 0.531. The van der Waals surface area contributed by atoms with Gasteiger partial charge >= 0.3 is 0 Å². The van der Waals surface area contributed by atoms with Gasteiger partial charge in [0.25, 0.3) is 0 Å². The highest BCUT2D eigenvalue weighted by Crippen LogP contribution is 2.23. The largest absolute Gasteiger partial charge is 0.497 e. The fraction of sp³-hybridized carbons (Fsp3) is 0.174. The van der Waals surface area contributed by atoms with Crippen LogP contribution in [-0.2, 0) is 21.4 Å². The van der Waals surface area contributed by atoms with Crippen LogP contribution in [-0.4, -0.2) is 21.4 Å². The van der Waals surface area contributed by atoms with Crippen LogP contribution in [0, 0.1) is 5.82 Å². The third kappa shape index (κ3) is 6.37. The molecule has 31 heavy (non-hydrogen) atoms. The molecule has 1 amide bonds. The van der Waals surface area contributed by atoms with Crippen molar-refractivity contribution >= 4 is 15.9 Å². The predicted molar refractivity (Wildman–Crippen MR) is 115 cm³/mol. The molecule has 162 valence electrons. The van der Waals surface area contributed by atoms with Crippen molar-refractivity contribution < 1.29 is 22.3 Å². The fourth-order valence-electron chi connectivity index (χ4n) is 2.99. The Bertz CT molecular complexity index is 1100. The van der Waals surface area contributed by atoms with E-state index in [4.69, 9.17) is 4.74 Å². The number of carbonyl (C=O) groups is 1. The van der Waals surface area contributed by atoms with Gasteiger partial charge in [-0.25, -0.2) is 17.5 Å². The molecule has 0 heterocycles. The van der Waals surface area contributed by atoms with Crippen molar-refractivity contribution in [1.82, 2.24) is 10.0 Å². The van der Waals surface area contributed by atoms with E-state index in [1.54, 1.807) is 24.3 Å². The van der Waals surface area contributed by atoms with Gasteiger partial charge in [0.05, 0.1) is 18.0 Å². The first-order valence-electron chi connectivity index (χ1n) is 9.60. The molecule has 8 heteroatoms. The lowest BCUT2D eigenvalue weighted by atomic mass is 10.0. The summed E-state index contributed by atoms with van der Waals surface area (Å²) in [5.74, 6) is -0.241. The summed E-state index contributed by atoms with van der Waals surface area (Å²) in [6.45, 7) is 0.333. The lowest BCUT2D eigenvalue weighted by Gasteiger charge is -2.19. The zero-order chi connectivity index (χ0) is 22.3. The zero-order valence-electron chi connectivity index (χ0n) is 16.9. The molecule has 3 rings (SSSR count). The number of rotatable bonds is 9. The van der Waals surface area contributed by atoms with Crippen LogP contribution in [0.3, 0.4) is 0 Å². The number of sulfonamides is 1. The van der Waals surface area contributed by atoms with Crippen LogP contribution in [0.15, 0.2) is 83.8 Å². The van der Waals surface area contributed by atoms with Gasteiger partial charge in [-0.05, 0) is 47.5 Å². The molecular weight excluding hydrogens is 419 g/mol. The average molecular weight is 443 g/mol. The first-order chi connectivity index (χ1) is 14.9. The number of nitrogens with one attached hydrogen (secondary N) is 2. The van der Waals surface area contributed by atoms with E-state index >= 15 is 0 Å². The molecule has 2 N–H and O–H groups in total. The third-order valence-corrected chi connectivity index (χ3v) is 6.15. The number of ether oxygens (including phenoxy) is 1. The first kappa shape index (κ1) is 22.5. The first-order valence-corrected chi connectivity index (χ1v) is 11.1. The Morgan fingerprint density at radius 2 is 1.61 bits per heavy atom. The predicted octanol–water partition coefficient (Wildman–Crippen LogP) is 3.56. The van der Waals surface area contributed by atoms with Gasteiger partial charge in [0, 0.05) is 13.0 Å². The molecular formula is C23H23FN2O4S. The Morgan fingerprint density at radius 1 is 0.968 bits per heavy atom. The summed E-state index contributed by atoms with van der Waals surface area (Å²) >= 11 is 0. The Morgan fingerprint density at radius 3 is 2.23 bits per heavy atom. The van der Waals surface area contributed by atoms with E-state index in [9.17, 15) is 17.6 Å². The minimum absolute atomic E-state index is 0.0860. The summed E-state index contributed by atoms with van der Waals surface area (Å²) in [6, 6.07) is 19.9. The molecule has 1 atom stereocenters. The second-order valence-corrected chi connectivity index (χ2v) is 8.58. The highest BCUT2D eigenvalue weighted by atomic mass is 32.2. The molecule has 0 aromatic heterocycles. The van der Waals surface area contributed by atoms with Crippen molar-refractivity contribution in [1.29, 1.82) is 0 Å². The molecule has 0 saturated carbocycles. The van der Waals surface area contributed by atoms with Crippen LogP contribution in [0.4, 0.5) is 4.39 Å². The monoisotopic (exact) mass is 442 g/mol. The molecule has 3 aromatic rings. The van der Waals surface area contributed by atoms with Crippen LogP contribution in [0.25, 0.3) is 0 Å². The van der Waals surface area contributed by atoms with Crippen molar-refractivity contribution in [2.24, 2.45) is 0 Å². The van der Waals surface area contributed by atoms with E-state index < -0.39 is 21.9 Å². The summed E-state index contributed by atoms with van der Waals surface area (Å²) < 4.78 is 46.5. The molecule has 0 aliphatic rings. The molecule has 0 aliphatic carbocycles. The highest BCUT2D eigenvalue weighted by molar-refractivity contribution is 7.89. The molecule has 3 aromatic carbocycles. The number of hydrogen-bond donors (Lipinski definition) is 2. The van der Waals surface area contributed by atoms with E-state index in [0.29, 0.717) is 17.9 Å². The van der Waals surface area contributed by atoms with Gasteiger partial charge in [-0.15, -0.1) is 0 Å². The topological polar surface area (TPSA) is 84.5 Å². The number of carbonyl (C=O) groups excluding carboxylic acids is 1. The minimum Gasteiger partial charge on any atom is -0.497 e. The molecule has 0 saturated heterocycles. The van der Waals surface area contributed by atoms with Crippen LogP contribution in [0.5, 0.6) is 5.75 Å². The molecule has 6 nitrogen and oxygen atoms in total. The maximum absolute atomic E-state index is 13.2. The van der Waals surface area contributed by atoms with E-state index in [-0.39, 0.29) is 17.2 Å². The maximum atomic E-state index is 13.2. The smallest absolute Gasteiger partial charge is 0.241 e.